The lowest BCUT2D eigenvalue weighted by Gasteiger charge is -2.29. The number of ether oxygens (including phenoxy) is 1. The number of aryl methyl sites for hydroxylation is 2. The van der Waals surface area contributed by atoms with Crippen LogP contribution >= 0.6 is 0 Å². The standard InChI is InChI=1S/C17H26N2O2/c1-4-21-17(20)16(19-10-5-8-18-9-11-19)15-7-6-13(2)14(3)12-15/h6-7,12,16,18H,4-5,8-11H2,1-3H3. The van der Waals surface area contributed by atoms with Crippen molar-refractivity contribution in [2.75, 3.05) is 32.8 Å². The smallest absolute Gasteiger partial charge is 0.328 e. The maximum Gasteiger partial charge on any atom is 0.328 e. The zero-order valence-electron chi connectivity index (χ0n) is 13.3. The predicted molar refractivity (Wildman–Crippen MR) is 84.3 cm³/mol. The molecule has 4 nitrogen and oxygen atoms in total. The quantitative estimate of drug-likeness (QED) is 0.863. The third kappa shape index (κ3) is 4.05. The van der Waals surface area contributed by atoms with Crippen molar-refractivity contribution in [3.05, 3.63) is 34.9 Å². The Bertz CT molecular complexity index is 480. The second-order valence-corrected chi connectivity index (χ2v) is 5.64. The fourth-order valence-electron chi connectivity index (χ4n) is 2.78. The summed E-state index contributed by atoms with van der Waals surface area (Å²) in [7, 11) is 0. The van der Waals surface area contributed by atoms with Gasteiger partial charge in [-0.15, -0.1) is 0 Å². The Balaban J connectivity index is 2.29. The second-order valence-electron chi connectivity index (χ2n) is 5.64. The summed E-state index contributed by atoms with van der Waals surface area (Å²) in [6, 6.07) is 5.98. The molecule has 1 fully saturated rings. The number of rotatable bonds is 4. The van der Waals surface area contributed by atoms with Gasteiger partial charge in [0.1, 0.15) is 6.04 Å². The van der Waals surface area contributed by atoms with Gasteiger partial charge in [-0.05, 0) is 50.4 Å². The molecule has 116 valence electrons. The van der Waals surface area contributed by atoms with Crippen LogP contribution < -0.4 is 5.32 Å². The van der Waals surface area contributed by atoms with Gasteiger partial charge in [-0.3, -0.25) is 4.90 Å². The molecule has 0 radical (unpaired) electrons. The molecule has 1 heterocycles. The highest BCUT2D eigenvalue weighted by Crippen LogP contribution is 2.25. The molecule has 1 saturated heterocycles. The molecular weight excluding hydrogens is 264 g/mol. The lowest BCUT2D eigenvalue weighted by atomic mass is 9.99. The summed E-state index contributed by atoms with van der Waals surface area (Å²) in [6.07, 6.45) is 1.06. The van der Waals surface area contributed by atoms with Crippen molar-refractivity contribution >= 4 is 5.97 Å². The monoisotopic (exact) mass is 290 g/mol. The summed E-state index contributed by atoms with van der Waals surface area (Å²) in [5.41, 5.74) is 3.51. The second kappa shape index (κ2) is 7.57. The molecule has 0 aliphatic carbocycles. The Kier molecular flexibility index (Phi) is 5.76. The summed E-state index contributed by atoms with van der Waals surface area (Å²) in [5, 5.41) is 3.38. The fraction of sp³-hybridized carbons (Fsp3) is 0.588. The van der Waals surface area contributed by atoms with Crippen LogP contribution in [-0.4, -0.2) is 43.7 Å². The highest BCUT2D eigenvalue weighted by Gasteiger charge is 2.29. The van der Waals surface area contributed by atoms with E-state index in [0.29, 0.717) is 6.61 Å². The van der Waals surface area contributed by atoms with Crippen LogP contribution in [0.3, 0.4) is 0 Å². The SMILES string of the molecule is CCOC(=O)C(c1ccc(C)c(C)c1)N1CCCNCC1. The van der Waals surface area contributed by atoms with E-state index in [1.54, 1.807) is 0 Å². The number of hydrogen-bond donors (Lipinski definition) is 1. The molecule has 2 rings (SSSR count). The van der Waals surface area contributed by atoms with Crippen LogP contribution in [0.2, 0.25) is 0 Å². The first-order chi connectivity index (χ1) is 10.1. The van der Waals surface area contributed by atoms with Crippen molar-refractivity contribution in [1.29, 1.82) is 0 Å². The summed E-state index contributed by atoms with van der Waals surface area (Å²) < 4.78 is 5.32. The van der Waals surface area contributed by atoms with Gasteiger partial charge in [0.25, 0.3) is 0 Å². The van der Waals surface area contributed by atoms with Crippen LogP contribution in [-0.2, 0) is 9.53 Å². The largest absolute Gasteiger partial charge is 0.465 e. The number of esters is 1. The molecule has 1 aromatic carbocycles. The van der Waals surface area contributed by atoms with Crippen LogP contribution in [0.1, 0.15) is 36.1 Å². The molecule has 0 amide bonds. The number of nitrogens with zero attached hydrogens (tertiary/aromatic N) is 1. The van der Waals surface area contributed by atoms with Gasteiger partial charge in [-0.1, -0.05) is 18.2 Å². The molecule has 1 aromatic rings. The van der Waals surface area contributed by atoms with E-state index >= 15 is 0 Å². The molecule has 0 bridgehead atoms. The average molecular weight is 290 g/mol. The number of hydrogen-bond acceptors (Lipinski definition) is 4. The molecule has 1 atom stereocenters. The Morgan fingerprint density at radius 1 is 1.29 bits per heavy atom. The van der Waals surface area contributed by atoms with Gasteiger partial charge in [0.2, 0.25) is 0 Å². The van der Waals surface area contributed by atoms with E-state index in [2.05, 4.69) is 42.3 Å². The van der Waals surface area contributed by atoms with Crippen molar-refractivity contribution in [3.8, 4) is 0 Å². The van der Waals surface area contributed by atoms with Crippen molar-refractivity contribution in [2.45, 2.75) is 33.2 Å². The third-order valence-electron chi connectivity index (χ3n) is 4.10. The van der Waals surface area contributed by atoms with Crippen molar-refractivity contribution < 1.29 is 9.53 Å². The first kappa shape index (κ1) is 16.0. The zero-order valence-corrected chi connectivity index (χ0v) is 13.3. The maximum absolute atomic E-state index is 12.5. The minimum atomic E-state index is -0.288. The first-order valence-corrected chi connectivity index (χ1v) is 7.82. The molecule has 1 aliphatic heterocycles. The highest BCUT2D eigenvalue weighted by atomic mass is 16.5. The van der Waals surface area contributed by atoms with E-state index < -0.39 is 0 Å². The Morgan fingerprint density at radius 3 is 2.81 bits per heavy atom. The van der Waals surface area contributed by atoms with Gasteiger partial charge in [0.15, 0.2) is 0 Å². The van der Waals surface area contributed by atoms with Crippen LogP contribution in [0.15, 0.2) is 18.2 Å². The maximum atomic E-state index is 12.5. The summed E-state index contributed by atoms with van der Waals surface area (Å²) in [4.78, 5) is 14.7. The van der Waals surface area contributed by atoms with Crippen molar-refractivity contribution in [2.24, 2.45) is 0 Å². The van der Waals surface area contributed by atoms with E-state index in [1.807, 2.05) is 6.92 Å². The lowest BCUT2D eigenvalue weighted by molar-refractivity contribution is -0.149. The van der Waals surface area contributed by atoms with Crippen LogP contribution in [0.25, 0.3) is 0 Å². The normalized spacial score (nSPS) is 18.0. The Hall–Kier alpha value is -1.39. The average Bonchev–Trinajstić information content (AvgIpc) is 2.72. The predicted octanol–water partition coefficient (Wildman–Crippen LogP) is 2.20. The molecule has 0 aromatic heterocycles. The van der Waals surface area contributed by atoms with Gasteiger partial charge in [-0.2, -0.15) is 0 Å². The van der Waals surface area contributed by atoms with Crippen LogP contribution in [0, 0.1) is 13.8 Å². The van der Waals surface area contributed by atoms with E-state index in [4.69, 9.17) is 4.74 Å². The molecule has 0 saturated carbocycles. The van der Waals surface area contributed by atoms with Crippen LogP contribution in [0.4, 0.5) is 0 Å². The van der Waals surface area contributed by atoms with Gasteiger partial charge in [0.05, 0.1) is 6.61 Å². The van der Waals surface area contributed by atoms with E-state index in [9.17, 15) is 4.79 Å². The molecule has 0 spiro atoms. The van der Waals surface area contributed by atoms with Gasteiger partial charge in [0, 0.05) is 19.6 Å². The summed E-state index contributed by atoms with van der Waals surface area (Å²) in [5.74, 6) is -0.136. The Morgan fingerprint density at radius 2 is 2.10 bits per heavy atom. The molecule has 1 N–H and O–H groups in total. The minimum absolute atomic E-state index is 0.136. The van der Waals surface area contributed by atoms with Gasteiger partial charge >= 0.3 is 5.97 Å². The van der Waals surface area contributed by atoms with Gasteiger partial charge < -0.3 is 10.1 Å². The highest BCUT2D eigenvalue weighted by molar-refractivity contribution is 5.77. The zero-order chi connectivity index (χ0) is 15.2. The van der Waals surface area contributed by atoms with E-state index in [1.165, 1.54) is 11.1 Å². The van der Waals surface area contributed by atoms with Crippen molar-refractivity contribution in [3.63, 3.8) is 0 Å². The number of carbonyl (C=O) groups excluding carboxylic acids is 1. The molecule has 21 heavy (non-hydrogen) atoms. The third-order valence-corrected chi connectivity index (χ3v) is 4.10. The van der Waals surface area contributed by atoms with E-state index in [0.717, 1.165) is 38.2 Å². The number of benzene rings is 1. The minimum Gasteiger partial charge on any atom is -0.465 e. The lowest BCUT2D eigenvalue weighted by Crippen LogP contribution is -2.37. The molecule has 1 unspecified atom stereocenters. The molecule has 4 heteroatoms. The fourth-order valence-corrected chi connectivity index (χ4v) is 2.78. The number of nitrogens with one attached hydrogen (secondary N) is 1. The molecule has 1 aliphatic rings. The number of carbonyl (C=O) groups is 1. The summed E-state index contributed by atoms with van der Waals surface area (Å²) >= 11 is 0. The summed E-state index contributed by atoms with van der Waals surface area (Å²) in [6.45, 7) is 10.2. The topological polar surface area (TPSA) is 41.6 Å². The van der Waals surface area contributed by atoms with Crippen molar-refractivity contribution in [1.82, 2.24) is 10.2 Å². The van der Waals surface area contributed by atoms with Gasteiger partial charge in [-0.25, -0.2) is 4.79 Å². The molecular formula is C17H26N2O2. The first-order valence-electron chi connectivity index (χ1n) is 7.82. The van der Waals surface area contributed by atoms with E-state index in [-0.39, 0.29) is 12.0 Å². The Labute approximate surface area is 127 Å². The van der Waals surface area contributed by atoms with Crippen LogP contribution in [0.5, 0.6) is 0 Å².